The van der Waals surface area contributed by atoms with Crippen molar-refractivity contribution < 1.29 is 0 Å². The molecule has 209 valence electrons. The van der Waals surface area contributed by atoms with Crippen molar-refractivity contribution in [3.05, 3.63) is 194 Å². The van der Waals surface area contributed by atoms with Crippen molar-refractivity contribution in [1.82, 2.24) is 0 Å². The highest BCUT2D eigenvalue weighted by molar-refractivity contribution is 5.81. The molecule has 0 bridgehead atoms. The van der Waals surface area contributed by atoms with E-state index in [0.717, 1.165) is 56.4 Å². The van der Waals surface area contributed by atoms with Crippen LogP contribution in [0.4, 0.5) is 34.1 Å². The minimum absolute atomic E-state index is 1.07. The van der Waals surface area contributed by atoms with E-state index in [4.69, 9.17) is 0 Å². The normalized spacial score (nSPS) is 10.7. The van der Waals surface area contributed by atoms with Gasteiger partial charge in [0.05, 0.1) is 0 Å². The third-order valence-electron chi connectivity index (χ3n) is 7.73. The van der Waals surface area contributed by atoms with Gasteiger partial charge in [-0.2, -0.15) is 0 Å². The van der Waals surface area contributed by atoms with E-state index in [9.17, 15) is 0 Å². The number of benzene rings is 7. The van der Waals surface area contributed by atoms with Gasteiger partial charge >= 0.3 is 0 Å². The van der Waals surface area contributed by atoms with Gasteiger partial charge in [0, 0.05) is 34.1 Å². The largest absolute Gasteiger partial charge is 0.311 e. The summed E-state index contributed by atoms with van der Waals surface area (Å²) in [6.07, 6.45) is 0. The number of hydrogen-bond acceptors (Lipinski definition) is 2. The zero-order valence-corrected chi connectivity index (χ0v) is 24.3. The molecule has 44 heavy (non-hydrogen) atoms. The molecule has 7 aromatic rings. The Bertz CT molecular complexity index is 1700. The third kappa shape index (κ3) is 5.74. The number of nitrogens with zero attached hydrogens (tertiary/aromatic N) is 2. The minimum Gasteiger partial charge on any atom is -0.311 e. The Morgan fingerprint density at radius 1 is 0.250 bits per heavy atom. The Kier molecular flexibility index (Phi) is 7.71. The van der Waals surface area contributed by atoms with Gasteiger partial charge in [-0.05, 0) is 101 Å². The topological polar surface area (TPSA) is 6.48 Å². The van der Waals surface area contributed by atoms with Gasteiger partial charge in [-0.15, -0.1) is 0 Å². The average molecular weight is 564 g/mol. The van der Waals surface area contributed by atoms with Gasteiger partial charge in [0.15, 0.2) is 0 Å². The molecule has 0 heterocycles. The average Bonchev–Trinajstić information content (AvgIpc) is 3.11. The number of para-hydroxylation sites is 4. The maximum atomic E-state index is 3.67. The maximum absolute atomic E-state index is 3.67. The fourth-order valence-electron chi connectivity index (χ4n) is 5.59. The summed E-state index contributed by atoms with van der Waals surface area (Å²) in [6.45, 7) is 0. The van der Waals surface area contributed by atoms with Gasteiger partial charge in [-0.25, -0.2) is 0 Å². The lowest BCUT2D eigenvalue weighted by Gasteiger charge is -2.25. The summed E-state index contributed by atoms with van der Waals surface area (Å²) in [5, 5.41) is 0. The molecule has 7 rings (SSSR count). The quantitative estimate of drug-likeness (QED) is 0.181. The van der Waals surface area contributed by atoms with Gasteiger partial charge < -0.3 is 9.80 Å². The van der Waals surface area contributed by atoms with Crippen LogP contribution in [0.2, 0.25) is 0 Å². The number of rotatable bonds is 8. The predicted octanol–water partition coefficient (Wildman–Crippen LogP) is 11.8. The maximum Gasteiger partial charge on any atom is 0.0462 e. The smallest absolute Gasteiger partial charge is 0.0462 e. The summed E-state index contributed by atoms with van der Waals surface area (Å²) in [4.78, 5) is 4.55. The van der Waals surface area contributed by atoms with Gasteiger partial charge in [0.2, 0.25) is 0 Å². The lowest BCUT2D eigenvalue weighted by Crippen LogP contribution is -2.09. The monoisotopic (exact) mass is 563 g/mol. The van der Waals surface area contributed by atoms with Crippen molar-refractivity contribution in [2.24, 2.45) is 0 Å². The van der Waals surface area contributed by atoms with Gasteiger partial charge in [0.1, 0.15) is 0 Å². The van der Waals surface area contributed by atoms with Crippen molar-refractivity contribution in [3.8, 4) is 22.3 Å². The Hall–Kier alpha value is -5.86. The first-order valence-corrected chi connectivity index (χ1v) is 14.9. The van der Waals surface area contributed by atoms with E-state index in [0.29, 0.717) is 0 Å². The lowest BCUT2D eigenvalue weighted by molar-refractivity contribution is 1.28. The van der Waals surface area contributed by atoms with Crippen molar-refractivity contribution in [3.63, 3.8) is 0 Å². The fraction of sp³-hybridized carbons (Fsp3) is 0. The van der Waals surface area contributed by atoms with Gasteiger partial charge in [0.25, 0.3) is 0 Å². The van der Waals surface area contributed by atoms with Gasteiger partial charge in [-0.3, -0.25) is 0 Å². The van der Waals surface area contributed by atoms with Crippen molar-refractivity contribution in [1.29, 1.82) is 0 Å². The second-order valence-corrected chi connectivity index (χ2v) is 10.6. The number of hydrogen-bond donors (Lipinski definition) is 0. The Morgan fingerprint density at radius 2 is 0.523 bits per heavy atom. The minimum atomic E-state index is 1.07. The van der Waals surface area contributed by atoms with Crippen LogP contribution in [0.25, 0.3) is 22.3 Å². The first-order valence-electron chi connectivity index (χ1n) is 14.9. The van der Waals surface area contributed by atoms with E-state index < -0.39 is 0 Å². The van der Waals surface area contributed by atoms with Crippen molar-refractivity contribution in [2.45, 2.75) is 0 Å². The van der Waals surface area contributed by atoms with Crippen LogP contribution in [0.15, 0.2) is 188 Å². The molecule has 0 saturated carbocycles. The van der Waals surface area contributed by atoms with Crippen LogP contribution in [0.3, 0.4) is 0 Å². The van der Waals surface area contributed by atoms with Crippen LogP contribution in [-0.2, 0) is 0 Å². The molecule has 0 aliphatic heterocycles. The second kappa shape index (κ2) is 12.6. The molecule has 0 amide bonds. The number of anilines is 6. The fourth-order valence-corrected chi connectivity index (χ4v) is 5.59. The summed E-state index contributed by atoms with van der Waals surface area (Å²) >= 11 is 0. The standard InChI is InChI=1S/C42H31N2/c1-5-16-37(17-6-1)43(38-18-7-2-8-19-38)41-28-24-33(25-29-41)35-14-13-15-36(32-35)34-26-30-42(31-27-34)44(39-20-9-3-10-21-39)40-22-11-4-12-23-40/h1-31H. The van der Waals surface area contributed by atoms with Crippen LogP contribution in [0, 0.1) is 6.07 Å². The molecule has 0 aromatic heterocycles. The highest BCUT2D eigenvalue weighted by Crippen LogP contribution is 2.37. The second-order valence-electron chi connectivity index (χ2n) is 10.6. The SMILES string of the molecule is [c]1c(-c2ccc(N(c3ccccc3)c3ccccc3)cc2)cccc1-c1ccc(N(c2ccccc2)c2ccccc2)cc1. The molecule has 2 nitrogen and oxygen atoms in total. The summed E-state index contributed by atoms with van der Waals surface area (Å²) in [6, 6.07) is 69.5. The Labute approximate surface area is 259 Å². The summed E-state index contributed by atoms with van der Waals surface area (Å²) < 4.78 is 0. The molecule has 0 unspecified atom stereocenters. The zero-order chi connectivity index (χ0) is 29.6. The summed E-state index contributed by atoms with van der Waals surface area (Å²) in [7, 11) is 0. The van der Waals surface area contributed by atoms with Crippen LogP contribution in [0.1, 0.15) is 0 Å². The molecule has 2 heteroatoms. The first-order chi connectivity index (χ1) is 21.8. The molecule has 7 aromatic carbocycles. The highest BCUT2D eigenvalue weighted by atomic mass is 15.1. The van der Waals surface area contributed by atoms with Crippen LogP contribution in [-0.4, -0.2) is 0 Å². The van der Waals surface area contributed by atoms with Crippen LogP contribution < -0.4 is 9.80 Å². The van der Waals surface area contributed by atoms with Gasteiger partial charge in [-0.1, -0.05) is 115 Å². The Balaban J connectivity index is 1.17. The van der Waals surface area contributed by atoms with Crippen molar-refractivity contribution >= 4 is 34.1 Å². The molecular formula is C42H31N2. The summed E-state index contributed by atoms with van der Waals surface area (Å²) in [5.74, 6) is 0. The van der Waals surface area contributed by atoms with E-state index in [2.05, 4.69) is 204 Å². The molecule has 0 fully saturated rings. The molecule has 0 spiro atoms. The van der Waals surface area contributed by atoms with Crippen LogP contribution in [0.5, 0.6) is 0 Å². The third-order valence-corrected chi connectivity index (χ3v) is 7.73. The molecule has 0 aliphatic rings. The molecule has 0 atom stereocenters. The van der Waals surface area contributed by atoms with E-state index in [1.54, 1.807) is 0 Å². The summed E-state index contributed by atoms with van der Waals surface area (Å²) in [5.41, 5.74) is 11.1. The van der Waals surface area contributed by atoms with E-state index in [-0.39, 0.29) is 0 Å². The van der Waals surface area contributed by atoms with E-state index >= 15 is 0 Å². The highest BCUT2D eigenvalue weighted by Gasteiger charge is 2.14. The lowest BCUT2D eigenvalue weighted by atomic mass is 9.98. The zero-order valence-electron chi connectivity index (χ0n) is 24.3. The predicted molar refractivity (Wildman–Crippen MR) is 186 cm³/mol. The molecule has 1 radical (unpaired) electrons. The van der Waals surface area contributed by atoms with E-state index in [1.165, 1.54) is 0 Å². The Morgan fingerprint density at radius 3 is 0.818 bits per heavy atom. The molecule has 0 saturated heterocycles. The van der Waals surface area contributed by atoms with Crippen molar-refractivity contribution in [2.75, 3.05) is 9.80 Å². The molecule has 0 N–H and O–H groups in total. The molecular weight excluding hydrogens is 532 g/mol. The van der Waals surface area contributed by atoms with Crippen LogP contribution >= 0.6 is 0 Å². The molecule has 0 aliphatic carbocycles. The first kappa shape index (κ1) is 27.0. The van der Waals surface area contributed by atoms with E-state index in [1.807, 2.05) is 0 Å².